The highest BCUT2D eigenvalue weighted by Gasteiger charge is 2.58. The first-order chi connectivity index (χ1) is 13.2. The van der Waals surface area contributed by atoms with Crippen LogP contribution in [0.25, 0.3) is 0 Å². The summed E-state index contributed by atoms with van der Waals surface area (Å²) in [5.41, 5.74) is -2.59. The Balaban J connectivity index is 1.80. The van der Waals surface area contributed by atoms with Gasteiger partial charge in [0.15, 0.2) is 5.82 Å². The molecule has 2 atom stereocenters. The van der Waals surface area contributed by atoms with E-state index in [4.69, 9.17) is 4.74 Å². The fraction of sp³-hybridized carbons (Fsp3) is 0.474. The van der Waals surface area contributed by atoms with E-state index in [-0.39, 0.29) is 5.92 Å². The number of ether oxygens (including phenoxy) is 1. The number of nitrogens with zero attached hydrogens (tertiary/aromatic N) is 2. The van der Waals surface area contributed by atoms with E-state index in [1.54, 1.807) is 24.3 Å². The van der Waals surface area contributed by atoms with Gasteiger partial charge in [0.2, 0.25) is 11.5 Å². The summed E-state index contributed by atoms with van der Waals surface area (Å²) in [5, 5.41) is 13.0. The fourth-order valence-corrected chi connectivity index (χ4v) is 3.24. The highest BCUT2D eigenvalue weighted by Crippen LogP contribution is 2.43. The molecule has 0 aliphatic heterocycles. The van der Waals surface area contributed by atoms with Crippen molar-refractivity contribution in [2.45, 2.75) is 37.1 Å². The molecular formula is C19H22F3N3O3. The lowest BCUT2D eigenvalue weighted by molar-refractivity contribution is -0.271. The molecule has 2 aromatic rings. The topological polar surface area (TPSA) is 76.4 Å². The number of alkyl halides is 3. The summed E-state index contributed by atoms with van der Waals surface area (Å²) in [7, 11) is 2.87. The monoisotopic (exact) mass is 397 g/mol. The number of rotatable bonds is 7. The van der Waals surface area contributed by atoms with Gasteiger partial charge in [0.1, 0.15) is 5.75 Å². The van der Waals surface area contributed by atoms with Gasteiger partial charge in [-0.3, -0.25) is 4.79 Å². The van der Waals surface area contributed by atoms with E-state index >= 15 is 0 Å². The first-order valence-corrected chi connectivity index (χ1v) is 8.86. The first kappa shape index (κ1) is 20.2. The van der Waals surface area contributed by atoms with Crippen LogP contribution < -0.4 is 10.1 Å². The molecular weight excluding hydrogens is 375 g/mol. The maximum absolute atomic E-state index is 13.6. The molecule has 1 aliphatic carbocycles. The summed E-state index contributed by atoms with van der Waals surface area (Å²) in [5.74, 6) is -0.714. The Morgan fingerprint density at radius 3 is 2.46 bits per heavy atom. The number of carbonyl (C=O) groups excluding carboxylic acids is 1. The molecule has 1 fully saturated rings. The molecule has 1 aromatic carbocycles. The summed E-state index contributed by atoms with van der Waals surface area (Å²) in [6.07, 6.45) is -2.04. The lowest BCUT2D eigenvalue weighted by Crippen LogP contribution is -2.48. The third-order valence-electron chi connectivity index (χ3n) is 4.96. The van der Waals surface area contributed by atoms with Crippen molar-refractivity contribution in [2.24, 2.45) is 13.0 Å². The van der Waals surface area contributed by atoms with Crippen LogP contribution in [-0.4, -0.2) is 33.9 Å². The zero-order chi connectivity index (χ0) is 20.5. The van der Waals surface area contributed by atoms with Crippen molar-refractivity contribution in [2.75, 3.05) is 7.11 Å². The van der Waals surface area contributed by atoms with Crippen molar-refractivity contribution < 1.29 is 27.8 Å². The maximum Gasteiger partial charge on any atom is 0.425 e. The molecule has 1 aliphatic rings. The molecule has 0 bridgehead atoms. The number of hydrogen-bond acceptors (Lipinski definition) is 4. The van der Waals surface area contributed by atoms with Crippen LogP contribution in [-0.2, 0) is 17.4 Å². The van der Waals surface area contributed by atoms with Crippen LogP contribution in [0.5, 0.6) is 5.75 Å². The van der Waals surface area contributed by atoms with Gasteiger partial charge in [-0.15, -0.1) is 0 Å². The second-order valence-corrected chi connectivity index (χ2v) is 7.05. The quantitative estimate of drug-likeness (QED) is 0.753. The first-order valence-electron chi connectivity index (χ1n) is 8.86. The number of imidazole rings is 1. The Labute approximate surface area is 160 Å². The van der Waals surface area contributed by atoms with Gasteiger partial charge in [0.25, 0.3) is 0 Å². The number of halogens is 3. The van der Waals surface area contributed by atoms with Gasteiger partial charge in [0, 0.05) is 19.4 Å². The lowest BCUT2D eigenvalue weighted by atomic mass is 9.95. The zero-order valence-corrected chi connectivity index (χ0v) is 15.5. The molecule has 0 radical (unpaired) electrons. The van der Waals surface area contributed by atoms with Crippen LogP contribution in [0.3, 0.4) is 0 Å². The van der Waals surface area contributed by atoms with Gasteiger partial charge >= 0.3 is 6.18 Å². The number of carbonyl (C=O) groups is 1. The van der Waals surface area contributed by atoms with E-state index in [9.17, 15) is 23.1 Å². The minimum atomic E-state index is -5.06. The standard InChI is InChI=1S/C19H22F3N3O3/c1-25-10-9-23-17(25)18(27,19(20,21)22)11-15(26)24-16(12-3-4-12)13-5-7-14(28-2)8-6-13/h5-10,12,16,27H,3-4,11H2,1-2H3,(H,24,26). The van der Waals surface area contributed by atoms with Gasteiger partial charge in [-0.2, -0.15) is 13.2 Å². The predicted molar refractivity (Wildman–Crippen MR) is 94.4 cm³/mol. The molecule has 152 valence electrons. The Morgan fingerprint density at radius 2 is 2.00 bits per heavy atom. The molecule has 2 N–H and O–H groups in total. The van der Waals surface area contributed by atoms with Gasteiger partial charge in [0.05, 0.1) is 19.6 Å². The van der Waals surface area contributed by atoms with Gasteiger partial charge in [-0.05, 0) is 36.5 Å². The van der Waals surface area contributed by atoms with E-state index in [1.165, 1.54) is 20.4 Å². The molecule has 6 nitrogen and oxygen atoms in total. The molecule has 0 spiro atoms. The Kier molecular flexibility index (Phi) is 5.38. The van der Waals surface area contributed by atoms with Crippen LogP contribution in [0.15, 0.2) is 36.7 Å². The Bertz CT molecular complexity index is 831. The normalized spacial score (nSPS) is 17.6. The van der Waals surface area contributed by atoms with Crippen LogP contribution in [0.4, 0.5) is 13.2 Å². The minimum Gasteiger partial charge on any atom is -0.497 e. The molecule has 28 heavy (non-hydrogen) atoms. The van der Waals surface area contributed by atoms with E-state index in [1.807, 2.05) is 0 Å². The van der Waals surface area contributed by atoms with Crippen LogP contribution >= 0.6 is 0 Å². The lowest BCUT2D eigenvalue weighted by Gasteiger charge is -2.30. The van der Waals surface area contributed by atoms with Crippen LogP contribution in [0.1, 0.15) is 36.7 Å². The zero-order valence-electron chi connectivity index (χ0n) is 15.5. The molecule has 1 amide bonds. The Morgan fingerprint density at radius 1 is 1.36 bits per heavy atom. The number of aliphatic hydroxyl groups is 1. The number of methoxy groups -OCH3 is 1. The van der Waals surface area contributed by atoms with Crippen LogP contribution in [0, 0.1) is 5.92 Å². The van der Waals surface area contributed by atoms with Crippen molar-refractivity contribution in [3.05, 3.63) is 48.0 Å². The van der Waals surface area contributed by atoms with Crippen molar-refractivity contribution in [1.82, 2.24) is 14.9 Å². The maximum atomic E-state index is 13.6. The molecule has 0 saturated heterocycles. The molecule has 1 heterocycles. The molecule has 1 aromatic heterocycles. The number of nitrogens with one attached hydrogen (secondary N) is 1. The summed E-state index contributed by atoms with van der Waals surface area (Å²) in [6.45, 7) is 0. The fourth-order valence-electron chi connectivity index (χ4n) is 3.24. The molecule has 2 unspecified atom stereocenters. The van der Waals surface area contributed by atoms with Crippen molar-refractivity contribution >= 4 is 5.91 Å². The number of aromatic nitrogens is 2. The summed E-state index contributed by atoms with van der Waals surface area (Å²) in [6, 6.07) is 6.60. The molecule has 1 saturated carbocycles. The largest absolute Gasteiger partial charge is 0.497 e. The third-order valence-corrected chi connectivity index (χ3v) is 4.96. The van der Waals surface area contributed by atoms with Gasteiger partial charge < -0.3 is 19.7 Å². The smallest absolute Gasteiger partial charge is 0.425 e. The summed E-state index contributed by atoms with van der Waals surface area (Å²) < 4.78 is 47.0. The highest BCUT2D eigenvalue weighted by molar-refractivity contribution is 5.78. The predicted octanol–water partition coefficient (Wildman–Crippen LogP) is 2.84. The molecule has 3 rings (SSSR count). The van der Waals surface area contributed by atoms with Crippen molar-refractivity contribution in [1.29, 1.82) is 0 Å². The van der Waals surface area contributed by atoms with E-state index in [2.05, 4.69) is 10.3 Å². The Hall–Kier alpha value is -2.55. The van der Waals surface area contributed by atoms with Gasteiger partial charge in [-0.25, -0.2) is 4.98 Å². The number of hydrogen-bond donors (Lipinski definition) is 2. The van der Waals surface area contributed by atoms with Crippen molar-refractivity contribution in [3.63, 3.8) is 0 Å². The van der Waals surface area contributed by atoms with E-state index in [0.29, 0.717) is 5.75 Å². The third kappa shape index (κ3) is 3.99. The van der Waals surface area contributed by atoms with Gasteiger partial charge in [-0.1, -0.05) is 12.1 Å². The minimum absolute atomic E-state index is 0.157. The highest BCUT2D eigenvalue weighted by atomic mass is 19.4. The number of aryl methyl sites for hydroxylation is 1. The number of amides is 1. The average Bonchev–Trinajstić information content (AvgIpc) is 3.39. The average molecular weight is 397 g/mol. The summed E-state index contributed by atoms with van der Waals surface area (Å²) in [4.78, 5) is 16.1. The second kappa shape index (κ2) is 7.46. The number of benzene rings is 1. The van der Waals surface area contributed by atoms with E-state index in [0.717, 1.165) is 29.2 Å². The molecule has 9 heteroatoms. The van der Waals surface area contributed by atoms with Crippen LogP contribution in [0.2, 0.25) is 0 Å². The SMILES string of the molecule is COc1ccc(C(NC(=O)CC(O)(c2nccn2C)C(F)(F)F)C2CC2)cc1. The summed E-state index contributed by atoms with van der Waals surface area (Å²) >= 11 is 0. The van der Waals surface area contributed by atoms with E-state index < -0.39 is 36.0 Å². The second-order valence-electron chi connectivity index (χ2n) is 7.05. The van der Waals surface area contributed by atoms with Crippen molar-refractivity contribution in [3.8, 4) is 5.75 Å².